The number of nitrogens with zero attached hydrogens (tertiary/aromatic N) is 2. The molecule has 0 bridgehead atoms. The molecular weight excluding hydrogens is 316 g/mol. The van der Waals surface area contributed by atoms with Crippen LogP contribution in [0.15, 0.2) is 30.6 Å². The molecule has 1 aromatic carbocycles. The van der Waals surface area contributed by atoms with Crippen LogP contribution in [0, 0.1) is 6.92 Å². The number of rotatable bonds is 2. The van der Waals surface area contributed by atoms with Gasteiger partial charge in [0.2, 0.25) is 0 Å². The number of ether oxygens (including phenoxy) is 1. The molecule has 3 rings (SSSR count). The van der Waals surface area contributed by atoms with Crippen molar-refractivity contribution in [2.45, 2.75) is 57.8 Å². The quantitative estimate of drug-likeness (QED) is 0.911. The monoisotopic (exact) mass is 342 g/mol. The zero-order valence-electron chi connectivity index (χ0n) is 15.7. The summed E-state index contributed by atoms with van der Waals surface area (Å²) in [7, 11) is 1.87. The molecule has 25 heavy (non-hydrogen) atoms. The number of carbonyl (C=O) groups excluding carboxylic acids is 1. The summed E-state index contributed by atoms with van der Waals surface area (Å²) in [5.41, 5.74) is 2.05. The number of carbonyl (C=O) groups is 1. The van der Waals surface area contributed by atoms with Crippen molar-refractivity contribution in [3.63, 3.8) is 0 Å². The van der Waals surface area contributed by atoms with Gasteiger partial charge < -0.3 is 9.84 Å². The molecule has 1 aromatic heterocycles. The first kappa shape index (κ1) is 17.8. The highest BCUT2D eigenvalue weighted by Crippen LogP contribution is 2.42. The third-order valence-corrected chi connectivity index (χ3v) is 5.07. The van der Waals surface area contributed by atoms with Crippen molar-refractivity contribution in [2.75, 3.05) is 0 Å². The SMILES string of the molecule is Cc1ccc(-c2cnn(C)c2)cc1C1C(=O)C(C)(C)OC(C)(C)C1O. The summed E-state index contributed by atoms with van der Waals surface area (Å²) in [5, 5.41) is 15.1. The van der Waals surface area contributed by atoms with Crippen LogP contribution in [0.1, 0.15) is 44.7 Å². The fourth-order valence-electron chi connectivity index (χ4n) is 3.72. The number of aromatic nitrogens is 2. The summed E-state index contributed by atoms with van der Waals surface area (Å²) in [6, 6.07) is 6.01. The van der Waals surface area contributed by atoms with Crippen LogP contribution in [0.2, 0.25) is 0 Å². The molecule has 0 spiro atoms. The molecule has 1 saturated heterocycles. The normalized spacial score (nSPS) is 25.2. The number of aliphatic hydroxyl groups is 1. The van der Waals surface area contributed by atoms with Gasteiger partial charge in [0.15, 0.2) is 5.78 Å². The molecule has 2 heterocycles. The van der Waals surface area contributed by atoms with Crippen molar-refractivity contribution < 1.29 is 14.6 Å². The number of hydrogen-bond donors (Lipinski definition) is 1. The van der Waals surface area contributed by atoms with E-state index >= 15 is 0 Å². The third-order valence-electron chi connectivity index (χ3n) is 5.07. The third kappa shape index (κ3) is 3.02. The number of aryl methyl sites for hydroxylation is 2. The molecule has 2 unspecified atom stereocenters. The van der Waals surface area contributed by atoms with E-state index in [1.54, 1.807) is 24.7 Å². The van der Waals surface area contributed by atoms with Gasteiger partial charge in [-0.15, -0.1) is 0 Å². The zero-order valence-corrected chi connectivity index (χ0v) is 15.7. The number of ketones is 1. The van der Waals surface area contributed by atoms with E-state index in [1.165, 1.54) is 0 Å². The lowest BCUT2D eigenvalue weighted by atomic mass is 9.72. The molecule has 2 aromatic rings. The second-order valence-electron chi connectivity index (χ2n) is 7.98. The van der Waals surface area contributed by atoms with Gasteiger partial charge in [-0.25, -0.2) is 0 Å². The smallest absolute Gasteiger partial charge is 0.174 e. The summed E-state index contributed by atoms with van der Waals surface area (Å²) >= 11 is 0. The second-order valence-corrected chi connectivity index (χ2v) is 7.98. The molecule has 5 nitrogen and oxygen atoms in total. The first-order valence-electron chi connectivity index (χ1n) is 8.55. The summed E-state index contributed by atoms with van der Waals surface area (Å²) in [4.78, 5) is 13.0. The highest BCUT2D eigenvalue weighted by molar-refractivity contribution is 5.94. The van der Waals surface area contributed by atoms with Gasteiger partial charge in [-0.2, -0.15) is 5.10 Å². The maximum Gasteiger partial charge on any atom is 0.174 e. The number of Topliss-reactive ketones (excluding diaryl/α,β-unsaturated/α-hetero) is 1. The Balaban J connectivity index is 2.12. The van der Waals surface area contributed by atoms with Gasteiger partial charge in [0.05, 0.1) is 23.8 Å². The Morgan fingerprint density at radius 3 is 2.48 bits per heavy atom. The maximum atomic E-state index is 13.0. The van der Waals surface area contributed by atoms with Crippen LogP contribution in [0.25, 0.3) is 11.1 Å². The van der Waals surface area contributed by atoms with Crippen LogP contribution in [-0.2, 0) is 16.6 Å². The van der Waals surface area contributed by atoms with E-state index in [1.807, 2.05) is 52.2 Å². The first-order valence-corrected chi connectivity index (χ1v) is 8.55. The predicted octanol–water partition coefficient (Wildman–Crippen LogP) is 3.00. The van der Waals surface area contributed by atoms with Crippen molar-refractivity contribution in [3.05, 3.63) is 41.7 Å². The molecule has 2 atom stereocenters. The summed E-state index contributed by atoms with van der Waals surface area (Å²) in [6.07, 6.45) is 2.82. The predicted molar refractivity (Wildman–Crippen MR) is 96.4 cm³/mol. The highest BCUT2D eigenvalue weighted by Gasteiger charge is 2.53. The van der Waals surface area contributed by atoms with Crippen LogP contribution < -0.4 is 0 Å². The molecule has 0 saturated carbocycles. The van der Waals surface area contributed by atoms with E-state index < -0.39 is 23.2 Å². The Morgan fingerprint density at radius 1 is 1.20 bits per heavy atom. The molecule has 0 radical (unpaired) electrons. The lowest BCUT2D eigenvalue weighted by Crippen LogP contribution is -2.60. The van der Waals surface area contributed by atoms with Crippen molar-refractivity contribution in [1.29, 1.82) is 0 Å². The highest BCUT2D eigenvalue weighted by atomic mass is 16.5. The van der Waals surface area contributed by atoms with E-state index in [-0.39, 0.29) is 5.78 Å². The number of hydrogen-bond acceptors (Lipinski definition) is 4. The average Bonchev–Trinajstić information content (AvgIpc) is 2.93. The molecular formula is C20H26N2O3. The molecule has 5 heteroatoms. The van der Waals surface area contributed by atoms with E-state index in [0.29, 0.717) is 0 Å². The Hall–Kier alpha value is -1.98. The van der Waals surface area contributed by atoms with E-state index in [2.05, 4.69) is 5.10 Å². The van der Waals surface area contributed by atoms with Crippen molar-refractivity contribution in [3.8, 4) is 11.1 Å². The standard InChI is InChI=1S/C20H26N2O3/c1-12-7-8-13(14-10-21-22(6)11-14)9-15(12)16-17(23)19(2,3)25-20(4,5)18(16)24/h7-11,16-17,23H,1-6H3. The minimum absolute atomic E-state index is 0.0919. The Kier molecular flexibility index (Phi) is 4.12. The Morgan fingerprint density at radius 2 is 1.88 bits per heavy atom. The maximum absolute atomic E-state index is 13.0. The lowest BCUT2D eigenvalue weighted by molar-refractivity contribution is -0.210. The number of benzene rings is 1. The molecule has 1 fully saturated rings. The van der Waals surface area contributed by atoms with Crippen molar-refractivity contribution >= 4 is 5.78 Å². The van der Waals surface area contributed by atoms with Gasteiger partial charge >= 0.3 is 0 Å². The fourth-order valence-corrected chi connectivity index (χ4v) is 3.72. The van der Waals surface area contributed by atoms with Crippen LogP contribution in [-0.4, -0.2) is 38.0 Å². The van der Waals surface area contributed by atoms with E-state index in [4.69, 9.17) is 4.74 Å². The summed E-state index contributed by atoms with van der Waals surface area (Å²) in [5.74, 6) is -0.707. The molecule has 1 N–H and O–H groups in total. The van der Waals surface area contributed by atoms with Crippen molar-refractivity contribution in [2.24, 2.45) is 7.05 Å². The minimum Gasteiger partial charge on any atom is -0.389 e. The topological polar surface area (TPSA) is 64.4 Å². The van der Waals surface area contributed by atoms with Crippen LogP contribution in [0.4, 0.5) is 0 Å². The van der Waals surface area contributed by atoms with Gasteiger partial charge in [0.25, 0.3) is 0 Å². The fraction of sp³-hybridized carbons (Fsp3) is 0.500. The van der Waals surface area contributed by atoms with Crippen LogP contribution in [0.5, 0.6) is 0 Å². The summed E-state index contributed by atoms with van der Waals surface area (Å²) < 4.78 is 7.63. The van der Waals surface area contributed by atoms with Crippen LogP contribution in [0.3, 0.4) is 0 Å². The average molecular weight is 342 g/mol. The van der Waals surface area contributed by atoms with Gasteiger partial charge in [0.1, 0.15) is 5.60 Å². The lowest BCUT2D eigenvalue weighted by Gasteiger charge is -2.47. The molecule has 1 aliphatic heterocycles. The molecule has 1 aliphatic rings. The van der Waals surface area contributed by atoms with E-state index in [0.717, 1.165) is 22.3 Å². The molecule has 0 amide bonds. The zero-order chi connectivity index (χ0) is 18.6. The van der Waals surface area contributed by atoms with Crippen LogP contribution >= 0.6 is 0 Å². The van der Waals surface area contributed by atoms with Gasteiger partial charge in [0, 0.05) is 18.8 Å². The molecule has 134 valence electrons. The van der Waals surface area contributed by atoms with Gasteiger partial charge in [-0.1, -0.05) is 12.1 Å². The minimum atomic E-state index is -0.940. The molecule has 0 aliphatic carbocycles. The first-order chi connectivity index (χ1) is 11.5. The van der Waals surface area contributed by atoms with E-state index in [9.17, 15) is 9.90 Å². The Bertz CT molecular complexity index is 820. The van der Waals surface area contributed by atoms with Gasteiger partial charge in [-0.3, -0.25) is 9.48 Å². The summed E-state index contributed by atoms with van der Waals surface area (Å²) in [6.45, 7) is 9.18. The van der Waals surface area contributed by atoms with Crippen molar-refractivity contribution in [1.82, 2.24) is 9.78 Å². The number of aliphatic hydroxyl groups excluding tert-OH is 1. The van der Waals surface area contributed by atoms with Gasteiger partial charge in [-0.05, 0) is 57.4 Å². The Labute approximate surface area is 148 Å². The largest absolute Gasteiger partial charge is 0.389 e. The second kappa shape index (κ2) is 5.78.